The topological polar surface area (TPSA) is 38.3 Å². The van der Waals surface area contributed by atoms with Crippen molar-refractivity contribution in [3.63, 3.8) is 0 Å². The molecule has 5 heteroatoms. The molecule has 0 saturated heterocycles. The Bertz CT molecular complexity index is 411. The highest BCUT2D eigenvalue weighted by molar-refractivity contribution is 6.35. The molecule has 1 amide bonds. The van der Waals surface area contributed by atoms with Crippen molar-refractivity contribution in [2.75, 3.05) is 5.32 Å². The van der Waals surface area contributed by atoms with Gasteiger partial charge in [-0.3, -0.25) is 5.32 Å². The molecule has 0 spiro atoms. The molecule has 2 rings (SSSR count). The van der Waals surface area contributed by atoms with Gasteiger partial charge in [-0.05, 0) is 43.9 Å². The normalized spacial score (nSPS) is 16.3. The van der Waals surface area contributed by atoms with E-state index in [1.165, 1.54) is 6.42 Å². The van der Waals surface area contributed by atoms with Gasteiger partial charge < -0.3 is 4.74 Å². The van der Waals surface area contributed by atoms with Crippen LogP contribution < -0.4 is 5.32 Å². The summed E-state index contributed by atoms with van der Waals surface area (Å²) in [6, 6.07) is 4.88. The Morgan fingerprint density at radius 2 is 1.72 bits per heavy atom. The lowest BCUT2D eigenvalue weighted by Gasteiger charge is -2.21. The summed E-state index contributed by atoms with van der Waals surface area (Å²) in [5.74, 6) is 0. The Morgan fingerprint density at radius 3 is 2.33 bits per heavy atom. The maximum absolute atomic E-state index is 11.7. The number of carbonyl (C=O) groups excluding carboxylic acids is 1. The van der Waals surface area contributed by atoms with Crippen molar-refractivity contribution in [2.24, 2.45) is 0 Å². The Balaban J connectivity index is 1.89. The molecule has 98 valence electrons. The van der Waals surface area contributed by atoms with Gasteiger partial charge >= 0.3 is 6.09 Å². The molecule has 0 aromatic heterocycles. The quantitative estimate of drug-likeness (QED) is 0.842. The Kier molecular flexibility index (Phi) is 4.72. The first-order valence-corrected chi connectivity index (χ1v) is 6.83. The fraction of sp³-hybridized carbons (Fsp3) is 0.462. The van der Waals surface area contributed by atoms with Crippen LogP contribution in [0.2, 0.25) is 10.0 Å². The van der Waals surface area contributed by atoms with E-state index in [2.05, 4.69) is 5.32 Å². The first kappa shape index (κ1) is 13.5. The van der Waals surface area contributed by atoms with Crippen molar-refractivity contribution in [3.05, 3.63) is 28.2 Å². The highest BCUT2D eigenvalue weighted by atomic mass is 35.5. The van der Waals surface area contributed by atoms with Crippen molar-refractivity contribution < 1.29 is 9.53 Å². The van der Waals surface area contributed by atoms with E-state index in [-0.39, 0.29) is 6.10 Å². The van der Waals surface area contributed by atoms with E-state index >= 15 is 0 Å². The largest absolute Gasteiger partial charge is 0.446 e. The van der Waals surface area contributed by atoms with Gasteiger partial charge in [-0.25, -0.2) is 4.79 Å². The Labute approximate surface area is 116 Å². The third-order valence-electron chi connectivity index (χ3n) is 2.93. The van der Waals surface area contributed by atoms with E-state index < -0.39 is 6.09 Å². The Hall–Kier alpha value is -0.930. The number of hydrogen-bond donors (Lipinski definition) is 1. The van der Waals surface area contributed by atoms with Crippen LogP contribution >= 0.6 is 23.2 Å². The summed E-state index contributed by atoms with van der Waals surface area (Å²) in [6.07, 6.45) is 4.97. The summed E-state index contributed by atoms with van der Waals surface area (Å²) in [5, 5.41) is 3.60. The molecule has 0 unspecified atom stereocenters. The van der Waals surface area contributed by atoms with E-state index in [1.54, 1.807) is 18.2 Å². The molecule has 0 atom stereocenters. The van der Waals surface area contributed by atoms with Gasteiger partial charge in [-0.2, -0.15) is 0 Å². The number of nitrogens with one attached hydrogen (secondary N) is 1. The zero-order valence-corrected chi connectivity index (χ0v) is 11.4. The van der Waals surface area contributed by atoms with E-state index in [0.29, 0.717) is 15.7 Å². The number of amides is 1. The minimum absolute atomic E-state index is 0.0356. The smallest absolute Gasteiger partial charge is 0.411 e. The summed E-state index contributed by atoms with van der Waals surface area (Å²) in [4.78, 5) is 11.7. The maximum atomic E-state index is 11.7. The summed E-state index contributed by atoms with van der Waals surface area (Å²) in [5.41, 5.74) is 0.549. The van der Waals surface area contributed by atoms with Crippen LogP contribution in [0, 0.1) is 0 Å². The number of carbonyl (C=O) groups is 1. The second-order valence-corrected chi connectivity index (χ2v) is 5.32. The minimum atomic E-state index is -0.444. The number of anilines is 1. The van der Waals surface area contributed by atoms with Gasteiger partial charge in [0.15, 0.2) is 0 Å². The summed E-state index contributed by atoms with van der Waals surface area (Å²) >= 11 is 11.7. The number of ether oxygens (including phenoxy) is 1. The van der Waals surface area contributed by atoms with Crippen molar-refractivity contribution in [1.29, 1.82) is 0 Å². The molecule has 1 N–H and O–H groups in total. The average molecular weight is 288 g/mol. The van der Waals surface area contributed by atoms with Crippen LogP contribution in [0.25, 0.3) is 0 Å². The first-order chi connectivity index (χ1) is 8.63. The lowest BCUT2D eigenvalue weighted by molar-refractivity contribution is 0.0865. The number of rotatable bonds is 2. The molecule has 3 nitrogen and oxygen atoms in total. The summed E-state index contributed by atoms with van der Waals surface area (Å²) < 4.78 is 5.34. The highest BCUT2D eigenvalue weighted by Gasteiger charge is 2.17. The van der Waals surface area contributed by atoms with Crippen LogP contribution in [0.15, 0.2) is 18.2 Å². The van der Waals surface area contributed by atoms with Crippen molar-refractivity contribution in [2.45, 2.75) is 38.2 Å². The zero-order valence-electron chi connectivity index (χ0n) is 9.92. The molecule has 18 heavy (non-hydrogen) atoms. The third-order valence-corrected chi connectivity index (χ3v) is 3.37. The van der Waals surface area contributed by atoms with E-state index in [4.69, 9.17) is 27.9 Å². The van der Waals surface area contributed by atoms with Crippen LogP contribution in [-0.4, -0.2) is 12.2 Å². The predicted molar refractivity (Wildman–Crippen MR) is 73.4 cm³/mol. The van der Waals surface area contributed by atoms with Crippen LogP contribution in [0.3, 0.4) is 0 Å². The lowest BCUT2D eigenvalue weighted by atomic mass is 9.98. The van der Waals surface area contributed by atoms with Crippen LogP contribution in [0.1, 0.15) is 32.1 Å². The van der Waals surface area contributed by atoms with Gasteiger partial charge in [0.2, 0.25) is 0 Å². The van der Waals surface area contributed by atoms with E-state index in [1.807, 2.05) is 0 Å². The number of hydrogen-bond acceptors (Lipinski definition) is 2. The minimum Gasteiger partial charge on any atom is -0.446 e. The molecule has 0 heterocycles. The second-order valence-electron chi connectivity index (χ2n) is 4.45. The van der Waals surface area contributed by atoms with Crippen LogP contribution in [-0.2, 0) is 4.74 Å². The van der Waals surface area contributed by atoms with Crippen LogP contribution in [0.4, 0.5) is 10.5 Å². The lowest BCUT2D eigenvalue weighted by Crippen LogP contribution is -2.24. The molecule has 1 saturated carbocycles. The van der Waals surface area contributed by atoms with Gasteiger partial charge in [0.25, 0.3) is 0 Å². The fourth-order valence-electron chi connectivity index (χ4n) is 2.11. The summed E-state index contributed by atoms with van der Waals surface area (Å²) in [6.45, 7) is 0. The van der Waals surface area contributed by atoms with E-state index in [9.17, 15) is 4.79 Å². The summed E-state index contributed by atoms with van der Waals surface area (Å²) in [7, 11) is 0. The van der Waals surface area contributed by atoms with Crippen molar-refractivity contribution in [1.82, 2.24) is 0 Å². The molecule has 1 aromatic rings. The first-order valence-electron chi connectivity index (χ1n) is 6.07. The third kappa shape index (κ3) is 4.07. The van der Waals surface area contributed by atoms with Gasteiger partial charge in [-0.15, -0.1) is 0 Å². The maximum Gasteiger partial charge on any atom is 0.411 e. The standard InChI is InChI=1S/C13H15Cl2NO2/c14-9-6-10(15)8-11(7-9)16-13(17)18-12-4-2-1-3-5-12/h6-8,12H,1-5H2,(H,16,17). The highest BCUT2D eigenvalue weighted by Crippen LogP contribution is 2.24. The number of benzene rings is 1. The zero-order chi connectivity index (χ0) is 13.0. The molecule has 1 aliphatic carbocycles. The number of halogens is 2. The van der Waals surface area contributed by atoms with E-state index in [0.717, 1.165) is 25.7 Å². The monoisotopic (exact) mass is 287 g/mol. The molecule has 1 aliphatic rings. The van der Waals surface area contributed by atoms with Crippen molar-refractivity contribution in [3.8, 4) is 0 Å². The molecular weight excluding hydrogens is 273 g/mol. The van der Waals surface area contributed by atoms with Gasteiger partial charge in [-0.1, -0.05) is 29.6 Å². The Morgan fingerprint density at radius 1 is 1.11 bits per heavy atom. The second kappa shape index (κ2) is 6.30. The predicted octanol–water partition coefficient (Wildman–Crippen LogP) is 4.87. The SMILES string of the molecule is O=C(Nc1cc(Cl)cc(Cl)c1)OC1CCCCC1. The average Bonchev–Trinajstić information content (AvgIpc) is 2.28. The van der Waals surface area contributed by atoms with Crippen LogP contribution in [0.5, 0.6) is 0 Å². The molecule has 0 bridgehead atoms. The van der Waals surface area contributed by atoms with Gasteiger partial charge in [0, 0.05) is 15.7 Å². The van der Waals surface area contributed by atoms with Gasteiger partial charge in [0.05, 0.1) is 0 Å². The molecule has 0 radical (unpaired) electrons. The molecular formula is C13H15Cl2NO2. The molecule has 1 fully saturated rings. The van der Waals surface area contributed by atoms with Gasteiger partial charge in [0.1, 0.15) is 6.10 Å². The molecule has 0 aliphatic heterocycles. The van der Waals surface area contributed by atoms with Crippen molar-refractivity contribution >= 4 is 35.0 Å². The molecule has 1 aromatic carbocycles. The fourth-order valence-corrected chi connectivity index (χ4v) is 2.63.